The molecule has 7 heteroatoms. The smallest absolute Gasteiger partial charge is 0.313 e. The third-order valence-corrected chi connectivity index (χ3v) is 12.2. The summed E-state index contributed by atoms with van der Waals surface area (Å²) in [4.78, 5) is 16.6. The summed E-state index contributed by atoms with van der Waals surface area (Å²) in [7, 11) is 2.22. The lowest BCUT2D eigenvalue weighted by Gasteiger charge is -2.45. The summed E-state index contributed by atoms with van der Waals surface area (Å²) in [6.07, 6.45) is 0.750. The van der Waals surface area contributed by atoms with Gasteiger partial charge in [0.1, 0.15) is 0 Å². The number of nitrogens with one attached hydrogen (secondary N) is 1. The molecule has 1 fully saturated rings. The molecule has 6 rings (SSSR count). The molecule has 1 saturated heterocycles. The molecule has 0 bridgehead atoms. The standard InChI is InChI=1S/C36H32Cl2N2OP2/c37-31-22-21-28(23-32(31)38)39-35(41)40-24-33(42)34(26-13-5-1-6-14-26)36(40,27-15-7-2-8-16-27)25-43(29-17-9-3-10-18-29)30-19-11-4-12-20-30/h1-23,33-34H,24-25,42H2,(H,39,41)/t33-,34?,36-/m1/s1. The minimum Gasteiger partial charge on any atom is -0.313 e. The zero-order valence-electron chi connectivity index (χ0n) is 23.5. The molecule has 2 amide bonds. The molecule has 3 nitrogen and oxygen atoms in total. The summed E-state index contributed by atoms with van der Waals surface area (Å²) in [5.74, 6) is 0.0260. The first kappa shape index (κ1) is 29.9. The van der Waals surface area contributed by atoms with Crippen LogP contribution in [0.3, 0.4) is 0 Å². The minimum absolute atomic E-state index is 0.0260. The van der Waals surface area contributed by atoms with Crippen LogP contribution in [0.25, 0.3) is 0 Å². The van der Waals surface area contributed by atoms with Crippen molar-refractivity contribution in [2.75, 3.05) is 18.0 Å². The van der Waals surface area contributed by atoms with E-state index in [4.69, 9.17) is 23.2 Å². The molecule has 0 aliphatic carbocycles. The monoisotopic (exact) mass is 640 g/mol. The highest BCUT2D eigenvalue weighted by molar-refractivity contribution is 7.73. The maximum Gasteiger partial charge on any atom is 0.322 e. The molecular weight excluding hydrogens is 609 g/mol. The Kier molecular flexibility index (Phi) is 9.17. The van der Waals surface area contributed by atoms with Crippen molar-refractivity contribution < 1.29 is 4.79 Å². The number of amides is 2. The van der Waals surface area contributed by atoms with Crippen molar-refractivity contribution in [3.05, 3.63) is 161 Å². The fourth-order valence-electron chi connectivity index (χ4n) is 6.34. The molecular formula is C36H32Cl2N2OP2. The van der Waals surface area contributed by atoms with Crippen molar-refractivity contribution in [1.82, 2.24) is 4.90 Å². The van der Waals surface area contributed by atoms with E-state index in [2.05, 4.69) is 135 Å². The van der Waals surface area contributed by atoms with E-state index in [0.717, 1.165) is 11.7 Å². The van der Waals surface area contributed by atoms with Gasteiger partial charge in [0.05, 0.1) is 15.6 Å². The van der Waals surface area contributed by atoms with Crippen LogP contribution in [0.15, 0.2) is 140 Å². The van der Waals surface area contributed by atoms with Gasteiger partial charge in [0.2, 0.25) is 0 Å². The molecule has 1 N–H and O–H groups in total. The maximum absolute atomic E-state index is 14.5. The Morgan fingerprint density at radius 1 is 0.767 bits per heavy atom. The second kappa shape index (κ2) is 13.2. The molecule has 1 aliphatic heterocycles. The lowest BCUT2D eigenvalue weighted by atomic mass is 9.76. The van der Waals surface area contributed by atoms with E-state index >= 15 is 0 Å². The Labute approximate surface area is 267 Å². The van der Waals surface area contributed by atoms with Gasteiger partial charge < -0.3 is 10.2 Å². The molecule has 1 heterocycles. The van der Waals surface area contributed by atoms with Crippen LogP contribution in [-0.4, -0.2) is 29.3 Å². The van der Waals surface area contributed by atoms with E-state index in [1.807, 2.05) is 6.07 Å². The first-order valence-electron chi connectivity index (χ1n) is 14.2. The fourth-order valence-corrected chi connectivity index (χ4v) is 10.1. The number of rotatable bonds is 7. The van der Waals surface area contributed by atoms with Crippen LogP contribution >= 0.6 is 40.4 Å². The molecule has 1 aliphatic rings. The molecule has 0 saturated carbocycles. The first-order chi connectivity index (χ1) is 21.0. The summed E-state index contributed by atoms with van der Waals surface area (Å²) in [6.45, 7) is 0.568. The molecule has 0 radical (unpaired) electrons. The van der Waals surface area contributed by atoms with Crippen molar-refractivity contribution in [2.45, 2.75) is 17.1 Å². The van der Waals surface area contributed by atoms with Crippen LogP contribution in [0.1, 0.15) is 17.0 Å². The van der Waals surface area contributed by atoms with Crippen molar-refractivity contribution in [2.24, 2.45) is 0 Å². The number of benzene rings is 5. The van der Waals surface area contributed by atoms with Gasteiger partial charge in [-0.3, -0.25) is 0 Å². The molecule has 4 atom stereocenters. The van der Waals surface area contributed by atoms with Gasteiger partial charge in [0.25, 0.3) is 0 Å². The lowest BCUT2D eigenvalue weighted by molar-refractivity contribution is 0.162. The molecule has 5 aromatic carbocycles. The number of halogens is 2. The number of anilines is 1. The summed E-state index contributed by atoms with van der Waals surface area (Å²) in [6, 6.07) is 47.7. The van der Waals surface area contributed by atoms with Gasteiger partial charge in [-0.2, -0.15) is 0 Å². The second-order valence-corrected chi connectivity index (χ2v) is 14.6. The topological polar surface area (TPSA) is 32.3 Å². The second-order valence-electron chi connectivity index (χ2n) is 10.8. The zero-order chi connectivity index (χ0) is 29.8. The summed E-state index contributed by atoms with van der Waals surface area (Å²) >= 11 is 12.5. The average Bonchev–Trinajstić information content (AvgIpc) is 3.36. The van der Waals surface area contributed by atoms with Gasteiger partial charge >= 0.3 is 6.03 Å². The van der Waals surface area contributed by atoms with Gasteiger partial charge in [0.15, 0.2) is 0 Å². The van der Waals surface area contributed by atoms with E-state index in [1.54, 1.807) is 18.2 Å². The van der Waals surface area contributed by atoms with Crippen molar-refractivity contribution in [3.63, 3.8) is 0 Å². The van der Waals surface area contributed by atoms with Crippen LogP contribution in [0.4, 0.5) is 10.5 Å². The van der Waals surface area contributed by atoms with E-state index in [9.17, 15) is 4.79 Å². The van der Waals surface area contributed by atoms with Gasteiger partial charge in [-0.1, -0.05) is 145 Å². The van der Waals surface area contributed by atoms with Gasteiger partial charge in [-0.15, -0.1) is 9.24 Å². The Bertz CT molecular complexity index is 1640. The van der Waals surface area contributed by atoms with E-state index in [1.165, 1.54) is 16.2 Å². The summed E-state index contributed by atoms with van der Waals surface area (Å²) in [5.41, 5.74) is 2.40. The quantitative estimate of drug-likeness (QED) is 0.177. The van der Waals surface area contributed by atoms with E-state index < -0.39 is 13.5 Å². The third-order valence-electron chi connectivity index (χ3n) is 8.20. The third kappa shape index (κ3) is 6.11. The Morgan fingerprint density at radius 2 is 1.30 bits per heavy atom. The fraction of sp³-hybridized carbons (Fsp3) is 0.139. The minimum atomic E-state index is -0.860. The molecule has 2 unspecified atom stereocenters. The van der Waals surface area contributed by atoms with Crippen molar-refractivity contribution in [3.8, 4) is 0 Å². The van der Waals surface area contributed by atoms with E-state index in [-0.39, 0.29) is 17.6 Å². The normalized spacial score (nSPS) is 19.9. The lowest BCUT2D eigenvalue weighted by Crippen LogP contribution is -2.52. The van der Waals surface area contributed by atoms with Crippen LogP contribution in [0.5, 0.6) is 0 Å². The van der Waals surface area contributed by atoms with Crippen LogP contribution < -0.4 is 15.9 Å². The van der Waals surface area contributed by atoms with Gasteiger partial charge in [-0.05, 0) is 47.9 Å². The average molecular weight is 642 g/mol. The van der Waals surface area contributed by atoms with Crippen LogP contribution in [-0.2, 0) is 5.54 Å². The predicted octanol–water partition coefficient (Wildman–Crippen LogP) is 8.90. The molecule has 43 heavy (non-hydrogen) atoms. The van der Waals surface area contributed by atoms with Crippen LogP contribution in [0.2, 0.25) is 10.0 Å². The zero-order valence-corrected chi connectivity index (χ0v) is 27.0. The highest BCUT2D eigenvalue weighted by atomic mass is 35.5. The SMILES string of the molecule is O=C(Nc1ccc(Cl)c(Cl)c1)N1C[C@@H](P)C(c2ccccc2)[C@@]1(CP(c1ccccc1)c1ccccc1)c1ccccc1. The molecule has 5 aromatic rings. The Balaban J connectivity index is 1.55. The van der Waals surface area contributed by atoms with Crippen molar-refractivity contribution in [1.29, 1.82) is 0 Å². The molecule has 0 aromatic heterocycles. The number of urea groups is 1. The number of carbonyl (C=O) groups excluding carboxylic acids is 1. The Hall–Kier alpha value is -3.19. The highest BCUT2D eigenvalue weighted by Gasteiger charge is 2.56. The number of hydrogen-bond acceptors (Lipinski definition) is 1. The summed E-state index contributed by atoms with van der Waals surface area (Å²) < 4.78 is 0. The molecule has 0 spiro atoms. The van der Waals surface area contributed by atoms with Gasteiger partial charge in [0, 0.05) is 30.0 Å². The first-order valence-corrected chi connectivity index (χ1v) is 17.2. The number of likely N-dealkylation sites (tertiary alicyclic amines) is 1. The van der Waals surface area contributed by atoms with E-state index in [0.29, 0.717) is 22.3 Å². The van der Waals surface area contributed by atoms with Crippen molar-refractivity contribution >= 4 is 62.7 Å². The number of carbonyl (C=O) groups is 1. The Morgan fingerprint density at radius 3 is 1.86 bits per heavy atom. The van der Waals surface area contributed by atoms with Crippen LogP contribution in [0, 0.1) is 0 Å². The van der Waals surface area contributed by atoms with Gasteiger partial charge in [-0.25, -0.2) is 4.79 Å². The summed E-state index contributed by atoms with van der Waals surface area (Å²) in [5, 5.41) is 6.57. The molecule has 216 valence electrons. The predicted molar refractivity (Wildman–Crippen MR) is 187 cm³/mol. The largest absolute Gasteiger partial charge is 0.322 e. The maximum atomic E-state index is 14.5. The number of nitrogens with zero attached hydrogens (tertiary/aromatic N) is 1. The number of hydrogen-bond donors (Lipinski definition) is 1. The highest BCUT2D eigenvalue weighted by Crippen LogP contribution is 2.57.